The van der Waals surface area contributed by atoms with Crippen molar-refractivity contribution in [3.63, 3.8) is 0 Å². The van der Waals surface area contributed by atoms with E-state index >= 15 is 0 Å². The normalized spacial score (nSPS) is 26.3. The fourth-order valence-electron chi connectivity index (χ4n) is 25.9. The molecule has 1 unspecified atom stereocenters. The SMILES string of the molecule is CC1(C)OCC2=CC34c5c6c7c8c9c%10c(c%11c%12c3c3c5c5c%13c6c6c7c7c9c9c%14c%10c%10c%11c%11c%12c%12c3c3c5c5c%13c%13c6c6c7c9c7c9c%14c%10c%10c%11c%11c%12c3c3c5c5c%13c6c7c6c9c%10c%11c3c56)C84CC2(O)CO1. The molecule has 3 nitrogen and oxygen atoms in total. The summed E-state index contributed by atoms with van der Waals surface area (Å²) in [5.41, 5.74) is 5.10. The molecule has 1 N–H and O–H groups in total. The smallest absolute Gasteiger partial charge is 0.163 e. The minimum Gasteiger partial charge on any atom is -0.383 e. The third kappa shape index (κ3) is 1.48. The highest BCUT2D eigenvalue weighted by Gasteiger charge is 2.72. The highest BCUT2D eigenvalue weighted by molar-refractivity contribution is 6.82. The molecule has 0 amide bonds. The van der Waals surface area contributed by atoms with Crippen molar-refractivity contribution in [1.82, 2.24) is 0 Å². The van der Waals surface area contributed by atoms with Gasteiger partial charge in [-0.2, -0.15) is 0 Å². The minimum atomic E-state index is -1.22. The van der Waals surface area contributed by atoms with E-state index in [0.717, 1.165) is 5.57 Å². The Morgan fingerprint density at radius 2 is 0.500 bits per heavy atom. The molecule has 2 spiro atoms. The first-order valence-corrected chi connectivity index (χ1v) is 27.0. The number of aliphatic hydroxyl groups is 1. The van der Waals surface area contributed by atoms with Crippen LogP contribution in [0, 0.1) is 0 Å². The van der Waals surface area contributed by atoms with E-state index in [-0.39, 0.29) is 6.61 Å². The average Bonchev–Trinajstić information content (AvgIpc) is 4.30. The summed E-state index contributed by atoms with van der Waals surface area (Å²) >= 11 is 0. The van der Waals surface area contributed by atoms with Crippen molar-refractivity contribution in [2.45, 2.75) is 42.5 Å². The fraction of sp³-hybridized carbons (Fsp3) is 0.130. The van der Waals surface area contributed by atoms with E-state index in [0.29, 0.717) is 13.0 Å². The second-order valence-electron chi connectivity index (χ2n) is 27.3. The zero-order valence-electron chi connectivity index (χ0n) is 37.5. The van der Waals surface area contributed by atoms with E-state index in [1.165, 1.54) is 0 Å². The van der Waals surface area contributed by atoms with Gasteiger partial charge in [-0.05, 0) is 339 Å². The molecule has 0 radical (unpaired) electrons. The molecule has 6 aliphatic rings. The third-order valence-corrected chi connectivity index (χ3v) is 26.3. The van der Waals surface area contributed by atoms with Gasteiger partial charge in [-0.15, -0.1) is 0 Å². The Balaban J connectivity index is 1.15. The average molecular weight is 891 g/mol. The Kier molecular flexibility index (Phi) is 2.35. The van der Waals surface area contributed by atoms with Crippen LogP contribution in [0.1, 0.15) is 42.5 Å². The van der Waals surface area contributed by atoms with E-state index < -0.39 is 22.2 Å². The van der Waals surface area contributed by atoms with Crippen LogP contribution in [0.4, 0.5) is 0 Å². The van der Waals surface area contributed by atoms with Gasteiger partial charge in [0.2, 0.25) is 0 Å². The van der Waals surface area contributed by atoms with Crippen LogP contribution in [0.3, 0.4) is 0 Å². The molecule has 1 atom stereocenters. The van der Waals surface area contributed by atoms with Crippen molar-refractivity contribution in [2.24, 2.45) is 0 Å². The zero-order chi connectivity index (χ0) is 43.3. The molecule has 1 fully saturated rings. The van der Waals surface area contributed by atoms with Gasteiger partial charge in [-0.25, -0.2) is 0 Å². The fourth-order valence-corrected chi connectivity index (χ4v) is 25.9. The number of rotatable bonds is 0. The number of ether oxygens (including phenoxy) is 2. The summed E-state index contributed by atoms with van der Waals surface area (Å²) < 4.78 is 13.7. The lowest BCUT2D eigenvalue weighted by Crippen LogP contribution is -2.60. The second kappa shape index (κ2) is 6.13. The van der Waals surface area contributed by atoms with Gasteiger partial charge in [0.25, 0.3) is 0 Å². The molecule has 1 aliphatic heterocycles. The van der Waals surface area contributed by atoms with Crippen LogP contribution in [0.2, 0.25) is 0 Å². The molecule has 308 valence electrons. The van der Waals surface area contributed by atoms with Crippen LogP contribution in [0.15, 0.2) is 11.6 Å². The molecule has 28 aromatic rings. The number of benzene rings is 18. The predicted molar refractivity (Wildman–Crippen MR) is 298 cm³/mol. The van der Waals surface area contributed by atoms with Crippen LogP contribution < -0.4 is 0 Å². The van der Waals surface area contributed by atoms with Crippen LogP contribution in [0.5, 0.6) is 0 Å². The maximum atomic E-state index is 14.2. The van der Waals surface area contributed by atoms with Gasteiger partial charge in [0, 0.05) is 5.41 Å². The molecular weight excluding hydrogens is 877 g/mol. The van der Waals surface area contributed by atoms with Gasteiger partial charge in [-0.1, -0.05) is 6.08 Å². The number of fused-ring (bicyclic) bond motifs is 1. The van der Waals surface area contributed by atoms with Crippen molar-refractivity contribution in [3.05, 3.63) is 33.9 Å². The summed E-state index contributed by atoms with van der Waals surface area (Å²) in [6.07, 6.45) is 3.34. The molecule has 34 rings (SSSR count). The molecular formula is C69H14O3. The highest BCUT2D eigenvalue weighted by Crippen LogP contribution is 2.86. The summed E-state index contributed by atoms with van der Waals surface area (Å²) in [4.78, 5) is 0. The Hall–Kier alpha value is -7.92. The van der Waals surface area contributed by atoms with Crippen molar-refractivity contribution in [3.8, 4) is 0 Å². The third-order valence-electron chi connectivity index (χ3n) is 26.3. The molecule has 72 heavy (non-hydrogen) atoms. The van der Waals surface area contributed by atoms with Crippen molar-refractivity contribution in [2.75, 3.05) is 13.2 Å². The van der Waals surface area contributed by atoms with E-state index in [2.05, 4.69) is 19.9 Å². The van der Waals surface area contributed by atoms with Gasteiger partial charge in [0.15, 0.2) is 5.79 Å². The summed E-state index contributed by atoms with van der Waals surface area (Å²) in [5, 5.41) is 101. The monoisotopic (exact) mass is 890 g/mol. The van der Waals surface area contributed by atoms with E-state index in [4.69, 9.17) is 9.47 Å². The maximum absolute atomic E-state index is 14.2. The standard InChI is InChI=1S/C69H14O3/c1-66(2)71-4-7-3-68-62-54-46-36-26-18-10-8-9-12-16-14(10)22-30-24(16)34-28-20(12)21-13(9)17-15-11(8)19(18)27-33-23(15)31-25(17)35-29(21)39-38(28)48-42(34)52-44(30)50(40(46)32(22)26)56(62)58(52)64-60(48)61-49(39)43(35)53-45(31)51-41(33)47(37(27)36)55(54)63(68)57(51)59(53)65(61)69(64,68)5-67(7,70)6-72-66/h3,70H,4-6H2,1-2H3. The Morgan fingerprint density at radius 1 is 0.292 bits per heavy atom. The maximum Gasteiger partial charge on any atom is 0.163 e. The van der Waals surface area contributed by atoms with Gasteiger partial charge < -0.3 is 14.6 Å². The summed E-state index contributed by atoms with van der Waals surface area (Å²) in [5.74, 6) is -0.812. The van der Waals surface area contributed by atoms with Crippen LogP contribution in [-0.4, -0.2) is 29.7 Å². The molecule has 0 bridgehead atoms. The topological polar surface area (TPSA) is 38.7 Å². The summed E-state index contributed by atoms with van der Waals surface area (Å²) in [6, 6.07) is 0. The summed E-state index contributed by atoms with van der Waals surface area (Å²) in [6.45, 7) is 4.71. The lowest BCUT2D eigenvalue weighted by Gasteiger charge is -2.58. The quantitative estimate of drug-likeness (QED) is 0.122. The lowest BCUT2D eigenvalue weighted by molar-refractivity contribution is -0.210. The van der Waals surface area contributed by atoms with Gasteiger partial charge >= 0.3 is 0 Å². The van der Waals surface area contributed by atoms with Crippen molar-refractivity contribution < 1.29 is 14.6 Å². The number of hydrogen-bond donors (Lipinski definition) is 1. The first-order chi connectivity index (χ1) is 35.5. The van der Waals surface area contributed by atoms with E-state index in [1.54, 1.807) is 313 Å². The lowest BCUT2D eigenvalue weighted by atomic mass is 9.43. The van der Waals surface area contributed by atoms with Gasteiger partial charge in [-0.3, -0.25) is 0 Å². The summed E-state index contributed by atoms with van der Waals surface area (Å²) in [7, 11) is 0. The molecule has 3 heteroatoms. The van der Waals surface area contributed by atoms with Crippen LogP contribution in [0.25, 0.3) is 291 Å². The van der Waals surface area contributed by atoms with Crippen molar-refractivity contribution >= 4 is 291 Å². The minimum absolute atomic E-state index is 0.232. The van der Waals surface area contributed by atoms with Crippen LogP contribution in [-0.2, 0) is 20.3 Å². The molecule has 1 heterocycles. The zero-order valence-corrected chi connectivity index (χ0v) is 37.5. The molecule has 0 saturated carbocycles. The largest absolute Gasteiger partial charge is 0.383 e. The second-order valence-corrected chi connectivity index (χ2v) is 27.3. The predicted octanol–water partition coefficient (Wildman–Crippen LogP) is 17.1. The van der Waals surface area contributed by atoms with Crippen molar-refractivity contribution in [1.29, 1.82) is 0 Å². The molecule has 28 aromatic carbocycles. The van der Waals surface area contributed by atoms with Gasteiger partial charge in [0.05, 0.1) is 18.6 Å². The van der Waals surface area contributed by atoms with E-state index in [1.807, 2.05) is 0 Å². The first-order valence-electron chi connectivity index (χ1n) is 27.0. The Morgan fingerprint density at radius 3 is 0.736 bits per heavy atom. The number of hydrogen-bond acceptors (Lipinski definition) is 3. The van der Waals surface area contributed by atoms with Crippen LogP contribution >= 0.6 is 0 Å². The Bertz CT molecular complexity index is 7180. The van der Waals surface area contributed by atoms with E-state index in [9.17, 15) is 5.11 Å². The molecule has 0 aromatic heterocycles. The molecule has 5 aliphatic carbocycles. The molecule has 1 saturated heterocycles. The first kappa shape index (κ1) is 27.6. The highest BCUT2D eigenvalue weighted by atomic mass is 16.7. The van der Waals surface area contributed by atoms with Gasteiger partial charge in [0.1, 0.15) is 5.60 Å². The Labute approximate surface area is 393 Å². The number of allylic oxidation sites excluding steroid dienone is 1.